The first kappa shape index (κ1) is 35.1. The third-order valence-electron chi connectivity index (χ3n) is 10.1. The second kappa shape index (κ2) is 13.8. The number of carbonyl (C=O) groups excluding carboxylic acids is 1. The molecule has 53 heavy (non-hydrogen) atoms. The van der Waals surface area contributed by atoms with Crippen molar-refractivity contribution in [1.29, 1.82) is 0 Å². The van der Waals surface area contributed by atoms with Crippen LogP contribution in [0.1, 0.15) is 45.8 Å². The number of ether oxygens (including phenoxy) is 1. The smallest absolute Gasteiger partial charge is 0.401 e. The fraction of sp³-hybridized carbons (Fsp3) is 0.342. The first-order chi connectivity index (χ1) is 25.5. The summed E-state index contributed by atoms with van der Waals surface area (Å²) in [6.45, 7) is -0.219. The number of rotatable bonds is 8. The Morgan fingerprint density at radius 1 is 0.906 bits per heavy atom. The molecule has 9 nitrogen and oxygen atoms in total. The first-order valence-electron chi connectivity index (χ1n) is 17.3. The molecule has 3 aromatic heterocycles. The number of anilines is 1. The van der Waals surface area contributed by atoms with Crippen molar-refractivity contribution >= 4 is 22.6 Å². The van der Waals surface area contributed by atoms with Gasteiger partial charge >= 0.3 is 6.18 Å². The summed E-state index contributed by atoms with van der Waals surface area (Å²) in [4.78, 5) is 30.3. The maximum atomic E-state index is 15.5. The molecule has 2 aliphatic heterocycles. The maximum absolute atomic E-state index is 15.5. The highest BCUT2D eigenvalue weighted by Crippen LogP contribution is 2.44. The number of alkyl halides is 3. The van der Waals surface area contributed by atoms with E-state index in [-0.39, 0.29) is 72.5 Å². The summed E-state index contributed by atoms with van der Waals surface area (Å²) in [5.41, 5.74) is 2.88. The summed E-state index contributed by atoms with van der Waals surface area (Å²) in [5, 5.41) is 11.2. The molecule has 0 radical (unpaired) electrons. The van der Waals surface area contributed by atoms with Gasteiger partial charge in [-0.15, -0.1) is 0 Å². The molecule has 276 valence electrons. The van der Waals surface area contributed by atoms with Gasteiger partial charge in [-0.1, -0.05) is 0 Å². The fourth-order valence-electron chi connectivity index (χ4n) is 7.28. The molecule has 8 rings (SSSR count). The topological polar surface area (TPSA) is 97.8 Å². The van der Waals surface area contributed by atoms with Crippen LogP contribution in [0.4, 0.5) is 32.0 Å². The lowest BCUT2D eigenvalue weighted by atomic mass is 9.95. The van der Waals surface area contributed by atoms with E-state index in [4.69, 9.17) is 4.74 Å². The van der Waals surface area contributed by atoms with Crippen LogP contribution in [0.3, 0.4) is 0 Å². The van der Waals surface area contributed by atoms with E-state index in [1.165, 1.54) is 40.4 Å². The number of halogens is 6. The molecule has 3 aliphatic rings. The number of nitrogens with zero attached hydrogens (tertiary/aromatic N) is 5. The SMILES string of the molecule is O=C1c2c(F)cc(C3CC3)cc2OCCN1c1cc(F)cc(-c2ccnc3[nH]c(-c4cc(F)c(CN5CCN(CC(F)(F)F)CC5)cn4)cc23)c1CO. The van der Waals surface area contributed by atoms with Crippen LogP contribution in [-0.4, -0.2) is 87.8 Å². The van der Waals surface area contributed by atoms with Gasteiger partial charge in [0.1, 0.15) is 41.0 Å². The van der Waals surface area contributed by atoms with Gasteiger partial charge < -0.3 is 19.7 Å². The molecule has 1 saturated carbocycles. The number of benzene rings is 2. The number of aliphatic hydroxyl groups is 1. The molecule has 2 N–H and O–H groups in total. The Balaban J connectivity index is 1.08. The van der Waals surface area contributed by atoms with Gasteiger partial charge in [-0.3, -0.25) is 19.6 Å². The Labute approximate surface area is 299 Å². The minimum absolute atomic E-state index is 0.0185. The van der Waals surface area contributed by atoms with Crippen molar-refractivity contribution in [3.63, 3.8) is 0 Å². The van der Waals surface area contributed by atoms with E-state index >= 15 is 13.2 Å². The second-order valence-corrected chi connectivity index (χ2v) is 13.7. The summed E-state index contributed by atoms with van der Waals surface area (Å²) < 4.78 is 90.4. The van der Waals surface area contributed by atoms with Crippen LogP contribution in [0.15, 0.2) is 54.9 Å². The standard InChI is InChI=1S/C38H34F6N6O3/c39-24-13-26(28(19-51)33(14-24)50-9-10-53-34-12-22(21-1-2-21)11-30(41)35(34)37(50)52)25-3-4-45-36-27(25)15-32(47-36)31-16-29(40)23(17-46-31)18-48-5-7-49(8-6-48)20-38(42,43)44/h3-4,11-17,21,51H,1-2,5-10,18-20H2,(H,45,47). The van der Waals surface area contributed by atoms with Gasteiger partial charge in [0.05, 0.1) is 36.8 Å². The number of hydrogen-bond acceptors (Lipinski definition) is 7. The number of H-pyrrole nitrogens is 1. The van der Waals surface area contributed by atoms with E-state index in [2.05, 4.69) is 15.0 Å². The highest BCUT2D eigenvalue weighted by molar-refractivity contribution is 6.09. The van der Waals surface area contributed by atoms with Crippen molar-refractivity contribution in [2.24, 2.45) is 0 Å². The van der Waals surface area contributed by atoms with Crippen molar-refractivity contribution < 1.29 is 41.0 Å². The lowest BCUT2D eigenvalue weighted by Crippen LogP contribution is -2.48. The summed E-state index contributed by atoms with van der Waals surface area (Å²) in [6, 6.07) is 9.98. The van der Waals surface area contributed by atoms with E-state index in [0.29, 0.717) is 40.9 Å². The Morgan fingerprint density at radius 3 is 2.40 bits per heavy atom. The van der Waals surface area contributed by atoms with Gasteiger partial charge in [-0.25, -0.2) is 18.2 Å². The molecule has 0 unspecified atom stereocenters. The molecular weight excluding hydrogens is 702 g/mol. The number of aromatic amines is 1. The first-order valence-corrected chi connectivity index (χ1v) is 17.3. The molecule has 0 spiro atoms. The van der Waals surface area contributed by atoms with Crippen molar-refractivity contribution in [3.05, 3.63) is 94.6 Å². The van der Waals surface area contributed by atoms with Crippen LogP contribution in [0.25, 0.3) is 33.5 Å². The normalized spacial score (nSPS) is 17.3. The number of fused-ring (bicyclic) bond motifs is 2. The monoisotopic (exact) mass is 736 g/mol. The zero-order valence-corrected chi connectivity index (χ0v) is 28.3. The van der Waals surface area contributed by atoms with Crippen molar-refractivity contribution in [2.45, 2.75) is 38.1 Å². The van der Waals surface area contributed by atoms with Crippen molar-refractivity contribution in [2.75, 3.05) is 50.8 Å². The van der Waals surface area contributed by atoms with Crippen molar-refractivity contribution in [3.8, 4) is 28.3 Å². The van der Waals surface area contributed by atoms with E-state index in [1.807, 2.05) is 4.90 Å². The second-order valence-electron chi connectivity index (χ2n) is 13.7. The number of hydrogen-bond donors (Lipinski definition) is 2. The van der Waals surface area contributed by atoms with Crippen LogP contribution < -0.4 is 9.64 Å². The Bertz CT molecular complexity index is 2210. The largest absolute Gasteiger partial charge is 0.491 e. The highest BCUT2D eigenvalue weighted by atomic mass is 19.4. The highest BCUT2D eigenvalue weighted by Gasteiger charge is 2.34. The number of aliphatic hydroxyl groups excluding tert-OH is 1. The van der Waals surface area contributed by atoms with E-state index in [9.17, 15) is 23.1 Å². The van der Waals surface area contributed by atoms with E-state index < -0.39 is 42.7 Å². The Morgan fingerprint density at radius 2 is 1.68 bits per heavy atom. The van der Waals surface area contributed by atoms with Gasteiger partial charge in [0.2, 0.25) is 0 Å². The molecule has 1 saturated heterocycles. The van der Waals surface area contributed by atoms with Gasteiger partial charge in [-0.2, -0.15) is 13.2 Å². The number of piperazine rings is 1. The average Bonchev–Trinajstić information content (AvgIpc) is 3.90. The van der Waals surface area contributed by atoms with E-state index in [0.717, 1.165) is 24.5 Å². The summed E-state index contributed by atoms with van der Waals surface area (Å²) in [6.07, 6.45) is 0.489. The van der Waals surface area contributed by atoms with E-state index in [1.54, 1.807) is 18.2 Å². The van der Waals surface area contributed by atoms with Gasteiger partial charge in [-0.05, 0) is 71.8 Å². The number of carbonyl (C=O) groups is 1. The predicted molar refractivity (Wildman–Crippen MR) is 184 cm³/mol. The van der Waals surface area contributed by atoms with Gasteiger partial charge in [0.25, 0.3) is 5.91 Å². The number of aromatic nitrogens is 3. The quantitative estimate of drug-likeness (QED) is 0.169. The van der Waals surface area contributed by atoms with Crippen LogP contribution in [0.5, 0.6) is 5.75 Å². The van der Waals surface area contributed by atoms with Gasteiger partial charge in [0, 0.05) is 67.7 Å². The Hall–Kier alpha value is -4.99. The predicted octanol–water partition coefficient (Wildman–Crippen LogP) is 6.80. The number of pyridine rings is 2. The molecule has 1 aliphatic carbocycles. The zero-order valence-electron chi connectivity index (χ0n) is 28.3. The summed E-state index contributed by atoms with van der Waals surface area (Å²) in [7, 11) is 0. The number of nitrogens with one attached hydrogen (secondary N) is 1. The van der Waals surface area contributed by atoms with Crippen LogP contribution in [0, 0.1) is 17.5 Å². The number of amides is 1. The molecule has 0 bridgehead atoms. The van der Waals surface area contributed by atoms with Crippen molar-refractivity contribution in [1.82, 2.24) is 24.8 Å². The molecule has 1 amide bonds. The molecule has 2 fully saturated rings. The molecule has 15 heteroatoms. The molecule has 5 heterocycles. The molecular formula is C38H34F6N6O3. The third-order valence-corrected chi connectivity index (χ3v) is 10.1. The molecule has 5 aromatic rings. The zero-order chi connectivity index (χ0) is 37.0. The lowest BCUT2D eigenvalue weighted by molar-refractivity contribution is -0.149. The molecule has 2 aromatic carbocycles. The third kappa shape index (κ3) is 7.08. The minimum atomic E-state index is -4.27. The summed E-state index contributed by atoms with van der Waals surface area (Å²) >= 11 is 0. The van der Waals surface area contributed by atoms with Crippen LogP contribution in [0.2, 0.25) is 0 Å². The van der Waals surface area contributed by atoms with Gasteiger partial charge in [0.15, 0.2) is 0 Å². The summed E-state index contributed by atoms with van der Waals surface area (Å²) in [5.74, 6) is -2.30. The average molecular weight is 737 g/mol. The lowest BCUT2D eigenvalue weighted by Gasteiger charge is -2.34. The Kier molecular flexibility index (Phi) is 9.11. The van der Waals surface area contributed by atoms with Crippen LogP contribution in [-0.2, 0) is 13.2 Å². The fourth-order valence-corrected chi connectivity index (χ4v) is 7.28. The minimum Gasteiger partial charge on any atom is -0.491 e. The molecule has 0 atom stereocenters. The van der Waals surface area contributed by atoms with Crippen LogP contribution >= 0.6 is 0 Å². The maximum Gasteiger partial charge on any atom is 0.401 e.